The zero-order valence-corrected chi connectivity index (χ0v) is 15.3. The number of hydrogen-bond donors (Lipinski definition) is 1. The molecule has 1 N–H and O–H groups in total. The molecular formula is C20H25N3O3. The summed E-state index contributed by atoms with van der Waals surface area (Å²) in [6.07, 6.45) is 6.73. The van der Waals surface area contributed by atoms with Crippen LogP contribution in [0.25, 0.3) is 0 Å². The number of aromatic nitrogens is 1. The van der Waals surface area contributed by atoms with E-state index in [9.17, 15) is 4.79 Å². The number of anilines is 1. The normalized spacial score (nSPS) is 14.0. The van der Waals surface area contributed by atoms with Crippen LogP contribution in [0.3, 0.4) is 0 Å². The lowest BCUT2D eigenvalue weighted by Gasteiger charge is -2.26. The lowest BCUT2D eigenvalue weighted by molar-refractivity contribution is 0.0724. The van der Waals surface area contributed by atoms with Gasteiger partial charge in [-0.3, -0.25) is 9.78 Å². The summed E-state index contributed by atoms with van der Waals surface area (Å²) in [5.41, 5.74) is 2.50. The van der Waals surface area contributed by atoms with Crippen molar-refractivity contribution in [3.63, 3.8) is 0 Å². The molecule has 1 aromatic carbocycles. The molecule has 26 heavy (non-hydrogen) atoms. The van der Waals surface area contributed by atoms with Gasteiger partial charge in [-0.2, -0.15) is 0 Å². The highest BCUT2D eigenvalue weighted by atomic mass is 16.5. The van der Waals surface area contributed by atoms with Crippen LogP contribution in [0.2, 0.25) is 0 Å². The molecule has 0 bridgehead atoms. The molecule has 1 amide bonds. The van der Waals surface area contributed by atoms with Gasteiger partial charge in [0.15, 0.2) is 11.5 Å². The summed E-state index contributed by atoms with van der Waals surface area (Å²) in [6.45, 7) is 2.27. The van der Waals surface area contributed by atoms with Gasteiger partial charge in [0.05, 0.1) is 25.5 Å². The Morgan fingerprint density at radius 3 is 2.58 bits per heavy atom. The van der Waals surface area contributed by atoms with E-state index < -0.39 is 0 Å². The van der Waals surface area contributed by atoms with Gasteiger partial charge in [0.1, 0.15) is 0 Å². The minimum atomic E-state index is 0.0620. The van der Waals surface area contributed by atoms with E-state index in [-0.39, 0.29) is 5.91 Å². The molecule has 0 radical (unpaired) electrons. The van der Waals surface area contributed by atoms with E-state index in [2.05, 4.69) is 10.3 Å². The molecule has 0 spiro atoms. The van der Waals surface area contributed by atoms with Crippen LogP contribution in [0.1, 0.15) is 35.2 Å². The third-order valence-electron chi connectivity index (χ3n) is 4.57. The molecule has 0 aliphatic carbocycles. The molecule has 0 unspecified atom stereocenters. The van der Waals surface area contributed by atoms with Crippen molar-refractivity contribution >= 4 is 11.6 Å². The highest BCUT2D eigenvalue weighted by Gasteiger charge is 2.18. The maximum absolute atomic E-state index is 12.6. The number of carbonyl (C=O) groups is 1. The summed E-state index contributed by atoms with van der Waals surface area (Å²) in [4.78, 5) is 18.7. The lowest BCUT2D eigenvalue weighted by Crippen LogP contribution is -2.35. The second-order valence-corrected chi connectivity index (χ2v) is 6.36. The van der Waals surface area contributed by atoms with Crippen molar-refractivity contribution < 1.29 is 14.3 Å². The molecule has 2 heterocycles. The van der Waals surface area contributed by atoms with Gasteiger partial charge in [-0.1, -0.05) is 6.07 Å². The van der Waals surface area contributed by atoms with Gasteiger partial charge >= 0.3 is 0 Å². The Hall–Kier alpha value is -2.76. The highest BCUT2D eigenvalue weighted by molar-refractivity contribution is 5.94. The fourth-order valence-electron chi connectivity index (χ4n) is 3.13. The number of piperidine rings is 1. The molecule has 3 rings (SSSR count). The average Bonchev–Trinajstić information content (AvgIpc) is 2.72. The van der Waals surface area contributed by atoms with E-state index in [1.54, 1.807) is 26.6 Å². The SMILES string of the molecule is COc1ccc(CNc2cncc(C(=O)N3CCCCC3)c2)cc1OC. The van der Waals surface area contributed by atoms with Crippen molar-refractivity contribution in [3.05, 3.63) is 47.8 Å². The molecule has 1 aromatic heterocycles. The fourth-order valence-corrected chi connectivity index (χ4v) is 3.13. The monoisotopic (exact) mass is 355 g/mol. The van der Waals surface area contributed by atoms with Gasteiger partial charge < -0.3 is 19.7 Å². The molecule has 2 aromatic rings. The molecular weight excluding hydrogens is 330 g/mol. The van der Waals surface area contributed by atoms with E-state index in [1.807, 2.05) is 29.2 Å². The summed E-state index contributed by atoms with van der Waals surface area (Å²) in [6, 6.07) is 7.65. The number of nitrogens with one attached hydrogen (secondary N) is 1. The number of amides is 1. The third-order valence-corrected chi connectivity index (χ3v) is 4.57. The predicted molar refractivity (Wildman–Crippen MR) is 101 cm³/mol. The van der Waals surface area contributed by atoms with E-state index in [1.165, 1.54) is 6.42 Å². The standard InChI is InChI=1S/C20H25N3O3/c1-25-18-7-6-15(10-19(18)26-2)12-22-17-11-16(13-21-14-17)20(24)23-8-4-3-5-9-23/h6-7,10-11,13-14,22H,3-5,8-9,12H2,1-2H3. The first kappa shape index (κ1) is 18.0. The van der Waals surface area contributed by atoms with Gasteiger partial charge in [-0.05, 0) is 43.0 Å². The van der Waals surface area contributed by atoms with Crippen molar-refractivity contribution in [3.8, 4) is 11.5 Å². The van der Waals surface area contributed by atoms with Crippen LogP contribution in [-0.2, 0) is 6.54 Å². The van der Waals surface area contributed by atoms with Crippen LogP contribution in [0.4, 0.5) is 5.69 Å². The predicted octanol–water partition coefficient (Wildman–Crippen LogP) is 3.34. The van der Waals surface area contributed by atoms with Crippen LogP contribution >= 0.6 is 0 Å². The number of likely N-dealkylation sites (tertiary alicyclic amines) is 1. The molecule has 1 aliphatic heterocycles. The van der Waals surface area contributed by atoms with Crippen molar-refractivity contribution in [2.45, 2.75) is 25.8 Å². The molecule has 6 heteroatoms. The summed E-state index contributed by atoms with van der Waals surface area (Å²) in [5.74, 6) is 1.46. The number of nitrogens with zero attached hydrogens (tertiary/aromatic N) is 2. The first-order valence-corrected chi connectivity index (χ1v) is 8.90. The van der Waals surface area contributed by atoms with Gasteiger partial charge in [-0.25, -0.2) is 0 Å². The Morgan fingerprint density at radius 2 is 1.85 bits per heavy atom. The summed E-state index contributed by atoms with van der Waals surface area (Å²) < 4.78 is 10.6. The number of ether oxygens (including phenoxy) is 2. The molecule has 6 nitrogen and oxygen atoms in total. The summed E-state index contributed by atoms with van der Waals surface area (Å²) in [7, 11) is 3.24. The van der Waals surface area contributed by atoms with Crippen LogP contribution < -0.4 is 14.8 Å². The second-order valence-electron chi connectivity index (χ2n) is 6.36. The first-order chi connectivity index (χ1) is 12.7. The topological polar surface area (TPSA) is 63.7 Å². The van der Waals surface area contributed by atoms with Crippen molar-refractivity contribution in [1.82, 2.24) is 9.88 Å². The van der Waals surface area contributed by atoms with Gasteiger partial charge in [0.25, 0.3) is 5.91 Å². The maximum Gasteiger partial charge on any atom is 0.255 e. The number of methoxy groups -OCH3 is 2. The summed E-state index contributed by atoms with van der Waals surface area (Å²) >= 11 is 0. The van der Waals surface area contributed by atoms with E-state index in [4.69, 9.17) is 9.47 Å². The highest BCUT2D eigenvalue weighted by Crippen LogP contribution is 2.27. The fraction of sp³-hybridized carbons (Fsp3) is 0.400. The van der Waals surface area contributed by atoms with Crippen LogP contribution in [-0.4, -0.2) is 43.1 Å². The van der Waals surface area contributed by atoms with Gasteiger partial charge in [-0.15, -0.1) is 0 Å². The Labute approximate surface area is 154 Å². The number of benzene rings is 1. The van der Waals surface area contributed by atoms with Crippen LogP contribution in [0, 0.1) is 0 Å². The van der Waals surface area contributed by atoms with Crippen LogP contribution in [0.5, 0.6) is 11.5 Å². The molecule has 1 saturated heterocycles. The third kappa shape index (κ3) is 4.25. The lowest BCUT2D eigenvalue weighted by atomic mass is 10.1. The van der Waals surface area contributed by atoms with Crippen molar-refractivity contribution in [2.75, 3.05) is 32.6 Å². The van der Waals surface area contributed by atoms with Crippen molar-refractivity contribution in [2.24, 2.45) is 0 Å². The second kappa shape index (κ2) is 8.56. The Morgan fingerprint density at radius 1 is 1.08 bits per heavy atom. The average molecular weight is 355 g/mol. The first-order valence-electron chi connectivity index (χ1n) is 8.90. The zero-order valence-electron chi connectivity index (χ0n) is 15.3. The molecule has 0 atom stereocenters. The number of hydrogen-bond acceptors (Lipinski definition) is 5. The Kier molecular flexibility index (Phi) is 5.94. The Bertz CT molecular complexity index is 758. The molecule has 1 fully saturated rings. The number of rotatable bonds is 6. The molecule has 0 saturated carbocycles. The largest absolute Gasteiger partial charge is 0.493 e. The minimum Gasteiger partial charge on any atom is -0.493 e. The molecule has 1 aliphatic rings. The molecule has 138 valence electrons. The van der Waals surface area contributed by atoms with Gasteiger partial charge in [0.2, 0.25) is 0 Å². The van der Waals surface area contributed by atoms with E-state index >= 15 is 0 Å². The van der Waals surface area contributed by atoms with Gasteiger partial charge in [0, 0.05) is 32.0 Å². The number of carbonyl (C=O) groups excluding carboxylic acids is 1. The smallest absolute Gasteiger partial charge is 0.255 e. The van der Waals surface area contributed by atoms with Crippen LogP contribution in [0.15, 0.2) is 36.7 Å². The summed E-state index contributed by atoms with van der Waals surface area (Å²) in [5, 5.41) is 3.32. The van der Waals surface area contributed by atoms with Crippen molar-refractivity contribution in [1.29, 1.82) is 0 Å². The minimum absolute atomic E-state index is 0.0620. The van der Waals surface area contributed by atoms with E-state index in [0.29, 0.717) is 23.6 Å². The quantitative estimate of drug-likeness (QED) is 0.861. The number of pyridine rings is 1. The Balaban J connectivity index is 1.66. The van der Waals surface area contributed by atoms with E-state index in [0.717, 1.165) is 37.2 Å². The zero-order chi connectivity index (χ0) is 18.4. The maximum atomic E-state index is 12.6.